The van der Waals surface area contributed by atoms with Gasteiger partial charge in [0.05, 0.1) is 0 Å². The molecule has 0 heterocycles. The lowest BCUT2D eigenvalue weighted by Crippen LogP contribution is -2.12. The first kappa shape index (κ1) is 11.6. The molecule has 1 heteroatoms. The second-order valence-electron chi connectivity index (χ2n) is 5.68. The summed E-state index contributed by atoms with van der Waals surface area (Å²) in [5.41, 5.74) is 3.71. The van der Waals surface area contributed by atoms with Crippen molar-refractivity contribution in [1.82, 2.24) is 0 Å². The van der Waals surface area contributed by atoms with E-state index >= 15 is 0 Å². The molecule has 0 radical (unpaired) electrons. The van der Waals surface area contributed by atoms with Gasteiger partial charge in [-0.25, -0.2) is 0 Å². The average molecular weight is 218 g/mol. The van der Waals surface area contributed by atoms with Crippen LogP contribution in [0.15, 0.2) is 23.3 Å². The van der Waals surface area contributed by atoms with Gasteiger partial charge in [0.25, 0.3) is 0 Å². The molecule has 2 aliphatic carbocycles. The lowest BCUT2D eigenvalue weighted by Gasteiger charge is -2.21. The minimum Gasteiger partial charge on any atom is -0.295 e. The number of fused-ring (bicyclic) bond motifs is 1. The van der Waals surface area contributed by atoms with Gasteiger partial charge in [0.2, 0.25) is 0 Å². The van der Waals surface area contributed by atoms with Gasteiger partial charge in [0, 0.05) is 6.42 Å². The van der Waals surface area contributed by atoms with Gasteiger partial charge in [-0.1, -0.05) is 24.6 Å². The fourth-order valence-electron chi connectivity index (χ4n) is 3.27. The fourth-order valence-corrected chi connectivity index (χ4v) is 3.27. The third-order valence-corrected chi connectivity index (χ3v) is 4.57. The molecule has 1 fully saturated rings. The van der Waals surface area contributed by atoms with Crippen molar-refractivity contribution in [2.45, 2.75) is 46.5 Å². The van der Waals surface area contributed by atoms with E-state index in [0.717, 1.165) is 24.3 Å². The van der Waals surface area contributed by atoms with Crippen molar-refractivity contribution in [3.05, 3.63) is 23.3 Å². The van der Waals surface area contributed by atoms with E-state index in [1.165, 1.54) is 17.6 Å². The van der Waals surface area contributed by atoms with E-state index in [9.17, 15) is 4.79 Å². The van der Waals surface area contributed by atoms with Crippen LogP contribution in [0.1, 0.15) is 46.5 Å². The van der Waals surface area contributed by atoms with Crippen molar-refractivity contribution in [3.8, 4) is 0 Å². The standard InChI is InChI=1S/C15H22O/c1-9(2)12-7-14-10(3)5-6-13(14)11(4)15(16)8-12/h10,12,14H,1,5-8H2,2-4H3. The van der Waals surface area contributed by atoms with Gasteiger partial charge in [-0.2, -0.15) is 0 Å². The van der Waals surface area contributed by atoms with Gasteiger partial charge < -0.3 is 0 Å². The second kappa shape index (κ2) is 4.20. The molecule has 0 aromatic heterocycles. The lowest BCUT2D eigenvalue weighted by atomic mass is 9.83. The molecule has 0 N–H and O–H groups in total. The van der Waals surface area contributed by atoms with Gasteiger partial charge in [0.1, 0.15) is 0 Å². The topological polar surface area (TPSA) is 17.1 Å². The first-order chi connectivity index (χ1) is 7.50. The third-order valence-electron chi connectivity index (χ3n) is 4.57. The second-order valence-corrected chi connectivity index (χ2v) is 5.68. The van der Waals surface area contributed by atoms with Gasteiger partial charge in [0.15, 0.2) is 5.78 Å². The molecule has 2 rings (SSSR count). The van der Waals surface area contributed by atoms with Gasteiger partial charge >= 0.3 is 0 Å². The molecule has 3 unspecified atom stereocenters. The summed E-state index contributed by atoms with van der Waals surface area (Å²) in [7, 11) is 0. The number of rotatable bonds is 1. The number of carbonyl (C=O) groups is 1. The van der Waals surface area contributed by atoms with Crippen molar-refractivity contribution in [3.63, 3.8) is 0 Å². The molecule has 0 aromatic carbocycles. The largest absolute Gasteiger partial charge is 0.295 e. The van der Waals surface area contributed by atoms with Crippen LogP contribution in [0.4, 0.5) is 0 Å². The summed E-state index contributed by atoms with van der Waals surface area (Å²) in [5, 5.41) is 0. The maximum Gasteiger partial charge on any atom is 0.159 e. The van der Waals surface area contributed by atoms with E-state index in [0.29, 0.717) is 24.0 Å². The number of carbonyl (C=O) groups excluding carboxylic acids is 1. The Morgan fingerprint density at radius 1 is 1.44 bits per heavy atom. The summed E-state index contributed by atoms with van der Waals surface area (Å²) >= 11 is 0. The zero-order valence-corrected chi connectivity index (χ0v) is 10.7. The number of Topliss-reactive ketones (excluding diaryl/α,β-unsaturated/α-hetero) is 1. The molecule has 1 saturated carbocycles. The van der Waals surface area contributed by atoms with Crippen LogP contribution in [0.3, 0.4) is 0 Å². The molecule has 0 aliphatic heterocycles. The minimum atomic E-state index is 0.361. The van der Waals surface area contributed by atoms with Crippen molar-refractivity contribution in [1.29, 1.82) is 0 Å². The summed E-state index contributed by atoms with van der Waals surface area (Å²) in [5.74, 6) is 2.16. The van der Waals surface area contributed by atoms with Crippen molar-refractivity contribution in [2.75, 3.05) is 0 Å². The predicted octanol–water partition coefficient (Wildman–Crippen LogP) is 3.90. The van der Waals surface area contributed by atoms with E-state index < -0.39 is 0 Å². The smallest absolute Gasteiger partial charge is 0.159 e. The van der Waals surface area contributed by atoms with Crippen molar-refractivity contribution in [2.24, 2.45) is 17.8 Å². The first-order valence-corrected chi connectivity index (χ1v) is 6.39. The Bertz CT molecular complexity index is 362. The fraction of sp³-hybridized carbons (Fsp3) is 0.667. The molecule has 0 spiro atoms. The Labute approximate surface area is 98.6 Å². The summed E-state index contributed by atoms with van der Waals surface area (Å²) < 4.78 is 0. The molecule has 88 valence electrons. The molecule has 0 saturated heterocycles. The Balaban J connectivity index is 2.33. The molecule has 0 bridgehead atoms. The zero-order valence-electron chi connectivity index (χ0n) is 10.7. The van der Waals surface area contributed by atoms with Crippen LogP contribution >= 0.6 is 0 Å². The van der Waals surface area contributed by atoms with Gasteiger partial charge in [-0.15, -0.1) is 0 Å². The maximum absolute atomic E-state index is 12.1. The van der Waals surface area contributed by atoms with Crippen LogP contribution in [0.5, 0.6) is 0 Å². The Kier molecular flexibility index (Phi) is 3.05. The number of hydrogen-bond acceptors (Lipinski definition) is 1. The van der Waals surface area contributed by atoms with E-state index in [4.69, 9.17) is 0 Å². The van der Waals surface area contributed by atoms with E-state index in [2.05, 4.69) is 20.4 Å². The summed E-state index contributed by atoms with van der Waals surface area (Å²) in [6.45, 7) is 10.5. The van der Waals surface area contributed by atoms with Crippen LogP contribution in [0.25, 0.3) is 0 Å². The van der Waals surface area contributed by atoms with Crippen LogP contribution in [0, 0.1) is 17.8 Å². The lowest BCUT2D eigenvalue weighted by molar-refractivity contribution is -0.116. The van der Waals surface area contributed by atoms with Crippen LogP contribution in [-0.4, -0.2) is 5.78 Å². The highest BCUT2D eigenvalue weighted by atomic mass is 16.1. The normalized spacial score (nSPS) is 34.9. The predicted molar refractivity (Wildman–Crippen MR) is 67.1 cm³/mol. The Morgan fingerprint density at radius 2 is 2.12 bits per heavy atom. The Hall–Kier alpha value is -0.850. The van der Waals surface area contributed by atoms with Crippen molar-refractivity contribution < 1.29 is 4.79 Å². The number of hydrogen-bond donors (Lipinski definition) is 0. The van der Waals surface area contributed by atoms with Crippen LogP contribution < -0.4 is 0 Å². The molecular formula is C15H22O. The maximum atomic E-state index is 12.1. The van der Waals surface area contributed by atoms with E-state index in [-0.39, 0.29) is 0 Å². The Morgan fingerprint density at radius 3 is 2.75 bits per heavy atom. The molecule has 0 aromatic rings. The van der Waals surface area contributed by atoms with Crippen molar-refractivity contribution >= 4 is 5.78 Å². The number of ketones is 1. The number of allylic oxidation sites excluding steroid dienone is 3. The molecule has 2 aliphatic rings. The zero-order chi connectivity index (χ0) is 11.9. The average Bonchev–Trinajstić information content (AvgIpc) is 2.51. The SMILES string of the molecule is C=C(C)C1CC(=O)C(C)=C2CCC(C)C2C1. The first-order valence-electron chi connectivity index (χ1n) is 6.39. The van der Waals surface area contributed by atoms with Crippen LogP contribution in [0.2, 0.25) is 0 Å². The molecule has 1 nitrogen and oxygen atoms in total. The van der Waals surface area contributed by atoms with Crippen LogP contribution in [-0.2, 0) is 4.79 Å². The van der Waals surface area contributed by atoms with E-state index in [1.54, 1.807) is 0 Å². The van der Waals surface area contributed by atoms with Gasteiger partial charge in [-0.05, 0) is 56.4 Å². The summed E-state index contributed by atoms with van der Waals surface area (Å²) in [6.07, 6.45) is 4.24. The highest BCUT2D eigenvalue weighted by molar-refractivity contribution is 5.96. The molecule has 16 heavy (non-hydrogen) atoms. The molecule has 0 amide bonds. The monoisotopic (exact) mass is 218 g/mol. The van der Waals surface area contributed by atoms with Gasteiger partial charge in [-0.3, -0.25) is 4.79 Å². The highest BCUT2D eigenvalue weighted by Crippen LogP contribution is 2.45. The quantitative estimate of drug-likeness (QED) is 0.610. The summed E-state index contributed by atoms with van der Waals surface area (Å²) in [6, 6.07) is 0. The third kappa shape index (κ3) is 1.88. The highest BCUT2D eigenvalue weighted by Gasteiger charge is 2.36. The van der Waals surface area contributed by atoms with E-state index in [1.807, 2.05) is 6.92 Å². The molecular weight excluding hydrogens is 196 g/mol. The molecule has 3 atom stereocenters. The minimum absolute atomic E-state index is 0.361. The summed E-state index contributed by atoms with van der Waals surface area (Å²) in [4.78, 5) is 12.1.